The van der Waals surface area contributed by atoms with E-state index in [0.717, 1.165) is 17.8 Å². The van der Waals surface area contributed by atoms with E-state index in [1.165, 1.54) is 23.5 Å². The fourth-order valence-corrected chi connectivity index (χ4v) is 4.24. The number of rotatable bonds is 5. The van der Waals surface area contributed by atoms with Crippen LogP contribution in [0.1, 0.15) is 5.56 Å². The first-order valence-corrected chi connectivity index (χ1v) is 11.3. The normalized spacial score (nSPS) is 12.8. The van der Waals surface area contributed by atoms with Crippen LogP contribution in [-0.2, 0) is 6.18 Å². The molecule has 12 heteroatoms. The molecular formula is C23H15F3N6O2S. The Balaban J connectivity index is 1.40. The molecule has 176 valence electrons. The predicted octanol–water partition coefficient (Wildman–Crippen LogP) is 6.11. The Labute approximate surface area is 200 Å². The van der Waals surface area contributed by atoms with Crippen molar-refractivity contribution in [2.24, 2.45) is 0 Å². The molecule has 1 aliphatic rings. The van der Waals surface area contributed by atoms with E-state index >= 15 is 0 Å². The lowest BCUT2D eigenvalue weighted by Gasteiger charge is -2.12. The second kappa shape index (κ2) is 8.17. The smallest absolute Gasteiger partial charge is 0.416 e. The minimum absolute atomic E-state index is 0.156. The Morgan fingerprint density at radius 2 is 1.71 bits per heavy atom. The number of anilines is 4. The number of fused-ring (bicyclic) bond motifs is 2. The van der Waals surface area contributed by atoms with Gasteiger partial charge >= 0.3 is 6.18 Å². The van der Waals surface area contributed by atoms with Gasteiger partial charge in [0.1, 0.15) is 6.33 Å². The zero-order valence-corrected chi connectivity index (χ0v) is 18.5. The van der Waals surface area contributed by atoms with Crippen LogP contribution < -0.4 is 20.1 Å². The first-order chi connectivity index (χ1) is 16.9. The summed E-state index contributed by atoms with van der Waals surface area (Å²) < 4.78 is 51.4. The number of nitrogens with one attached hydrogen (secondary N) is 2. The van der Waals surface area contributed by atoms with Crippen LogP contribution in [-0.4, -0.2) is 26.3 Å². The molecule has 0 bridgehead atoms. The number of alkyl halides is 3. The number of aromatic nitrogens is 4. The third-order valence-electron chi connectivity index (χ3n) is 5.28. The number of benzene rings is 2. The summed E-state index contributed by atoms with van der Waals surface area (Å²) in [7, 11) is 0. The Morgan fingerprint density at radius 1 is 0.914 bits per heavy atom. The van der Waals surface area contributed by atoms with Gasteiger partial charge in [0, 0.05) is 22.8 Å². The Morgan fingerprint density at radius 3 is 2.49 bits per heavy atom. The summed E-state index contributed by atoms with van der Waals surface area (Å²) in [6.45, 7) is 0.156. The highest BCUT2D eigenvalue weighted by Crippen LogP contribution is 2.36. The van der Waals surface area contributed by atoms with Crippen molar-refractivity contribution in [2.75, 3.05) is 17.4 Å². The summed E-state index contributed by atoms with van der Waals surface area (Å²) >= 11 is 1.53. The van der Waals surface area contributed by atoms with Crippen molar-refractivity contribution in [3.8, 4) is 17.2 Å². The Bertz CT molecular complexity index is 1520. The van der Waals surface area contributed by atoms with Crippen LogP contribution in [0, 0.1) is 0 Å². The molecule has 0 atom stereocenters. The van der Waals surface area contributed by atoms with Crippen LogP contribution in [0.25, 0.3) is 16.9 Å². The molecule has 2 aromatic carbocycles. The van der Waals surface area contributed by atoms with Crippen molar-refractivity contribution in [3.63, 3.8) is 0 Å². The van der Waals surface area contributed by atoms with Gasteiger partial charge in [-0.15, -0.1) is 0 Å². The van der Waals surface area contributed by atoms with E-state index in [1.54, 1.807) is 18.5 Å². The molecule has 0 saturated carbocycles. The molecule has 0 unspecified atom stereocenters. The standard InChI is InChI=1S/C23H15F3N6O2S/c24-23(25,26)13-1-3-14(4-2-13)29-22-30-20(28-15-5-6-17-18(9-15)34-12-33-17)19-21(31-22)32(11-27-19)16-7-8-35-10-16/h1-11H,12H2,(H2,28,29,30,31). The number of ether oxygens (including phenoxy) is 2. The van der Waals surface area contributed by atoms with E-state index in [2.05, 4.69) is 25.6 Å². The lowest BCUT2D eigenvalue weighted by atomic mass is 10.2. The van der Waals surface area contributed by atoms with E-state index in [9.17, 15) is 13.2 Å². The van der Waals surface area contributed by atoms with E-state index in [0.29, 0.717) is 39.9 Å². The van der Waals surface area contributed by atoms with Crippen molar-refractivity contribution in [1.82, 2.24) is 19.5 Å². The molecule has 0 fully saturated rings. The van der Waals surface area contributed by atoms with Crippen molar-refractivity contribution in [1.29, 1.82) is 0 Å². The van der Waals surface area contributed by atoms with Crippen LogP contribution in [0.5, 0.6) is 11.5 Å². The lowest BCUT2D eigenvalue weighted by molar-refractivity contribution is -0.137. The summed E-state index contributed by atoms with van der Waals surface area (Å²) in [5, 5.41) is 10.1. The summed E-state index contributed by atoms with van der Waals surface area (Å²) in [4.78, 5) is 13.6. The van der Waals surface area contributed by atoms with Crippen LogP contribution in [0.2, 0.25) is 0 Å². The highest BCUT2D eigenvalue weighted by atomic mass is 32.1. The molecule has 35 heavy (non-hydrogen) atoms. The number of thiophene rings is 1. The van der Waals surface area contributed by atoms with Crippen molar-refractivity contribution >= 4 is 45.6 Å². The maximum atomic E-state index is 12.9. The van der Waals surface area contributed by atoms with Gasteiger partial charge in [0.2, 0.25) is 12.7 Å². The van der Waals surface area contributed by atoms with Gasteiger partial charge in [-0.05, 0) is 47.8 Å². The van der Waals surface area contributed by atoms with E-state index in [4.69, 9.17) is 9.47 Å². The maximum absolute atomic E-state index is 12.9. The van der Waals surface area contributed by atoms with Crippen LogP contribution in [0.4, 0.5) is 36.3 Å². The van der Waals surface area contributed by atoms with E-state index < -0.39 is 11.7 Å². The number of halogens is 3. The molecule has 5 aromatic rings. The van der Waals surface area contributed by atoms with Gasteiger partial charge in [-0.25, -0.2) is 4.98 Å². The minimum atomic E-state index is -4.41. The van der Waals surface area contributed by atoms with Crippen LogP contribution >= 0.6 is 11.3 Å². The second-order valence-corrected chi connectivity index (χ2v) is 8.34. The van der Waals surface area contributed by atoms with E-state index in [1.807, 2.05) is 27.5 Å². The maximum Gasteiger partial charge on any atom is 0.416 e. The quantitative estimate of drug-likeness (QED) is 0.304. The third-order valence-corrected chi connectivity index (χ3v) is 5.95. The molecule has 0 amide bonds. The number of nitrogens with zero attached hydrogens (tertiary/aromatic N) is 4. The Kier molecular flexibility index (Phi) is 4.95. The molecule has 0 aliphatic carbocycles. The van der Waals surface area contributed by atoms with Gasteiger partial charge in [0.25, 0.3) is 0 Å². The Hall–Kier alpha value is -4.32. The molecule has 6 rings (SSSR count). The zero-order chi connectivity index (χ0) is 24.0. The molecule has 4 heterocycles. The SMILES string of the molecule is FC(F)(F)c1ccc(Nc2nc(Nc3ccc4c(c3)OCO4)c3ncn(-c4ccsc4)c3n2)cc1. The van der Waals surface area contributed by atoms with Gasteiger partial charge in [0.15, 0.2) is 28.5 Å². The molecule has 3 aromatic heterocycles. The number of hydrogen-bond donors (Lipinski definition) is 2. The van der Waals surface area contributed by atoms with Gasteiger partial charge in [-0.3, -0.25) is 4.57 Å². The molecule has 0 spiro atoms. The zero-order valence-electron chi connectivity index (χ0n) is 17.7. The van der Waals surface area contributed by atoms with Crippen molar-refractivity contribution in [3.05, 3.63) is 71.2 Å². The summed E-state index contributed by atoms with van der Waals surface area (Å²) in [6.07, 6.45) is -2.77. The summed E-state index contributed by atoms with van der Waals surface area (Å²) in [5.74, 6) is 1.86. The largest absolute Gasteiger partial charge is 0.454 e. The van der Waals surface area contributed by atoms with Gasteiger partial charge in [-0.1, -0.05) is 0 Å². The highest BCUT2D eigenvalue weighted by molar-refractivity contribution is 7.08. The first-order valence-electron chi connectivity index (χ1n) is 10.3. The topological polar surface area (TPSA) is 86.1 Å². The highest BCUT2D eigenvalue weighted by Gasteiger charge is 2.30. The molecular weight excluding hydrogens is 481 g/mol. The lowest BCUT2D eigenvalue weighted by Crippen LogP contribution is -2.06. The third kappa shape index (κ3) is 4.08. The summed E-state index contributed by atoms with van der Waals surface area (Å²) in [6, 6.07) is 12.0. The molecule has 0 saturated heterocycles. The molecule has 2 N–H and O–H groups in total. The first kappa shape index (κ1) is 21.2. The summed E-state index contributed by atoms with van der Waals surface area (Å²) in [5.41, 5.74) is 2.29. The van der Waals surface area contributed by atoms with Gasteiger partial charge < -0.3 is 20.1 Å². The minimum Gasteiger partial charge on any atom is -0.454 e. The van der Waals surface area contributed by atoms with Crippen molar-refractivity contribution in [2.45, 2.75) is 6.18 Å². The molecule has 8 nitrogen and oxygen atoms in total. The van der Waals surface area contributed by atoms with Crippen LogP contribution in [0.3, 0.4) is 0 Å². The fourth-order valence-electron chi connectivity index (χ4n) is 3.61. The van der Waals surface area contributed by atoms with E-state index in [-0.39, 0.29) is 12.7 Å². The second-order valence-electron chi connectivity index (χ2n) is 7.56. The van der Waals surface area contributed by atoms with Gasteiger partial charge in [-0.2, -0.15) is 34.5 Å². The van der Waals surface area contributed by atoms with Crippen LogP contribution in [0.15, 0.2) is 65.6 Å². The average Bonchev–Trinajstić information content (AvgIpc) is 3.59. The molecule has 1 aliphatic heterocycles. The number of imidazole rings is 1. The van der Waals surface area contributed by atoms with Gasteiger partial charge in [0.05, 0.1) is 11.3 Å². The predicted molar refractivity (Wildman–Crippen MR) is 125 cm³/mol. The van der Waals surface area contributed by atoms with Crippen molar-refractivity contribution < 1.29 is 22.6 Å². The molecule has 0 radical (unpaired) electrons. The number of hydrogen-bond acceptors (Lipinski definition) is 8. The average molecular weight is 496 g/mol. The fraction of sp³-hybridized carbons (Fsp3) is 0.0870. The monoisotopic (exact) mass is 496 g/mol.